The number of benzene rings is 1. The van der Waals surface area contributed by atoms with Gasteiger partial charge in [0.25, 0.3) is 5.89 Å². The summed E-state index contributed by atoms with van der Waals surface area (Å²) in [6, 6.07) is 5.12. The van der Waals surface area contributed by atoms with Crippen LogP contribution in [0.2, 0.25) is 5.02 Å². The van der Waals surface area contributed by atoms with Gasteiger partial charge in [-0.2, -0.15) is 4.98 Å². The molecule has 0 aliphatic rings. The van der Waals surface area contributed by atoms with Gasteiger partial charge in [0, 0.05) is 16.3 Å². The van der Waals surface area contributed by atoms with Crippen molar-refractivity contribution in [1.29, 1.82) is 0 Å². The van der Waals surface area contributed by atoms with E-state index in [1.807, 2.05) is 0 Å². The summed E-state index contributed by atoms with van der Waals surface area (Å²) in [5.41, 5.74) is 6.93. The van der Waals surface area contributed by atoms with Crippen LogP contribution in [0.25, 0.3) is 11.5 Å². The van der Waals surface area contributed by atoms with E-state index in [-0.39, 0.29) is 0 Å². The predicted octanol–water partition coefficient (Wildman–Crippen LogP) is 2.28. The molecule has 0 aliphatic heterocycles. The number of nitrogens with zero attached hydrogens (tertiary/aromatic N) is 2. The van der Waals surface area contributed by atoms with Crippen molar-refractivity contribution in [2.45, 2.75) is 6.92 Å². The molecule has 14 heavy (non-hydrogen) atoms. The van der Waals surface area contributed by atoms with Crippen LogP contribution < -0.4 is 5.73 Å². The van der Waals surface area contributed by atoms with E-state index < -0.39 is 0 Å². The molecular formula is C9H8ClN3O. The molecule has 72 valence electrons. The highest BCUT2D eigenvalue weighted by Crippen LogP contribution is 2.24. The number of nitrogens with two attached hydrogens (primary N) is 1. The number of halogens is 1. The Morgan fingerprint density at radius 2 is 2.14 bits per heavy atom. The van der Waals surface area contributed by atoms with Gasteiger partial charge in [0.2, 0.25) is 0 Å². The lowest BCUT2D eigenvalue weighted by molar-refractivity contribution is 0.425. The zero-order valence-corrected chi connectivity index (χ0v) is 8.25. The van der Waals surface area contributed by atoms with Gasteiger partial charge in [0.15, 0.2) is 5.82 Å². The van der Waals surface area contributed by atoms with Crippen molar-refractivity contribution in [3.8, 4) is 11.5 Å². The first-order valence-corrected chi connectivity index (χ1v) is 4.40. The Balaban J connectivity index is 2.51. The van der Waals surface area contributed by atoms with E-state index >= 15 is 0 Å². The van der Waals surface area contributed by atoms with E-state index in [0.29, 0.717) is 22.4 Å². The molecule has 1 aromatic heterocycles. The van der Waals surface area contributed by atoms with Crippen molar-refractivity contribution >= 4 is 17.3 Å². The molecule has 1 heterocycles. The monoisotopic (exact) mass is 209 g/mol. The lowest BCUT2D eigenvalue weighted by Crippen LogP contribution is -1.86. The molecule has 2 N–H and O–H groups in total. The molecule has 0 saturated heterocycles. The molecule has 0 atom stereocenters. The van der Waals surface area contributed by atoms with Crippen LogP contribution >= 0.6 is 11.6 Å². The fourth-order valence-electron chi connectivity index (χ4n) is 1.15. The minimum absolute atomic E-state index is 0.428. The zero-order valence-electron chi connectivity index (χ0n) is 7.49. The van der Waals surface area contributed by atoms with Gasteiger partial charge in [-0.3, -0.25) is 0 Å². The van der Waals surface area contributed by atoms with Crippen molar-refractivity contribution in [1.82, 2.24) is 10.1 Å². The highest BCUT2D eigenvalue weighted by molar-refractivity contribution is 6.31. The Morgan fingerprint density at radius 3 is 2.71 bits per heavy atom. The first kappa shape index (κ1) is 9.02. The number of aromatic nitrogens is 2. The maximum atomic E-state index is 5.84. The molecule has 2 aromatic rings. The fourth-order valence-corrected chi connectivity index (χ4v) is 1.39. The van der Waals surface area contributed by atoms with E-state index in [1.165, 1.54) is 0 Å². The van der Waals surface area contributed by atoms with Gasteiger partial charge in [-0.15, -0.1) is 0 Å². The third-order valence-electron chi connectivity index (χ3n) is 1.69. The van der Waals surface area contributed by atoms with E-state index in [0.717, 1.165) is 5.56 Å². The lowest BCUT2D eigenvalue weighted by Gasteiger charge is -1.98. The molecule has 4 nitrogen and oxygen atoms in total. The zero-order chi connectivity index (χ0) is 10.1. The summed E-state index contributed by atoms with van der Waals surface area (Å²) in [6.07, 6.45) is 0. The van der Waals surface area contributed by atoms with Crippen molar-refractivity contribution in [2.75, 3.05) is 5.73 Å². The molecule has 0 fully saturated rings. The molecule has 5 heteroatoms. The number of aryl methyl sites for hydroxylation is 1. The molecular weight excluding hydrogens is 202 g/mol. The quantitative estimate of drug-likeness (QED) is 0.732. The molecule has 0 aliphatic carbocycles. The average molecular weight is 210 g/mol. The minimum atomic E-state index is 0.428. The first-order chi connectivity index (χ1) is 6.65. The number of hydrogen-bond donors (Lipinski definition) is 1. The molecule has 2 rings (SSSR count). The summed E-state index contributed by atoms with van der Waals surface area (Å²) in [7, 11) is 0. The van der Waals surface area contributed by atoms with Crippen LogP contribution in [0, 0.1) is 6.92 Å². The molecule has 0 bridgehead atoms. The first-order valence-electron chi connectivity index (χ1n) is 4.02. The van der Waals surface area contributed by atoms with E-state index in [2.05, 4.69) is 10.1 Å². The molecule has 0 spiro atoms. The van der Waals surface area contributed by atoms with E-state index in [9.17, 15) is 0 Å². The Hall–Kier alpha value is -1.55. The van der Waals surface area contributed by atoms with Crippen molar-refractivity contribution < 1.29 is 4.52 Å². The van der Waals surface area contributed by atoms with Crippen molar-refractivity contribution in [2.24, 2.45) is 0 Å². The van der Waals surface area contributed by atoms with Gasteiger partial charge in [0.05, 0.1) is 0 Å². The van der Waals surface area contributed by atoms with Gasteiger partial charge in [-0.1, -0.05) is 16.8 Å². The van der Waals surface area contributed by atoms with Crippen LogP contribution in [-0.2, 0) is 0 Å². The standard InChI is InChI=1S/C9H8ClN3O/c1-5-12-9(14-13-5)6-2-7(10)4-8(11)3-6/h2-4H,11H2,1H3. The normalized spacial score (nSPS) is 10.4. The van der Waals surface area contributed by atoms with Gasteiger partial charge in [-0.05, 0) is 25.1 Å². The van der Waals surface area contributed by atoms with Crippen LogP contribution in [0.4, 0.5) is 5.69 Å². The second-order valence-electron chi connectivity index (χ2n) is 2.92. The Morgan fingerprint density at radius 1 is 1.36 bits per heavy atom. The second kappa shape index (κ2) is 3.31. The summed E-state index contributed by atoms with van der Waals surface area (Å²) in [6.45, 7) is 1.75. The molecule has 0 unspecified atom stereocenters. The van der Waals surface area contributed by atoms with Crippen molar-refractivity contribution in [3.05, 3.63) is 29.0 Å². The topological polar surface area (TPSA) is 64.9 Å². The smallest absolute Gasteiger partial charge is 0.258 e. The van der Waals surface area contributed by atoms with Crippen LogP contribution in [0.5, 0.6) is 0 Å². The summed E-state index contributed by atoms with van der Waals surface area (Å²) < 4.78 is 4.99. The summed E-state index contributed by atoms with van der Waals surface area (Å²) in [5, 5.41) is 4.23. The van der Waals surface area contributed by atoms with Crippen molar-refractivity contribution in [3.63, 3.8) is 0 Å². The van der Waals surface area contributed by atoms with Gasteiger partial charge >= 0.3 is 0 Å². The van der Waals surface area contributed by atoms with E-state index in [1.54, 1.807) is 25.1 Å². The second-order valence-corrected chi connectivity index (χ2v) is 3.36. The SMILES string of the molecule is Cc1noc(-c2cc(N)cc(Cl)c2)n1. The summed E-state index contributed by atoms with van der Waals surface area (Å²) in [4.78, 5) is 4.07. The largest absolute Gasteiger partial charge is 0.399 e. The maximum absolute atomic E-state index is 5.84. The van der Waals surface area contributed by atoms with E-state index in [4.69, 9.17) is 21.9 Å². The number of hydrogen-bond acceptors (Lipinski definition) is 4. The molecule has 0 saturated carbocycles. The Bertz CT molecular complexity index is 447. The van der Waals surface area contributed by atoms with Gasteiger partial charge in [-0.25, -0.2) is 0 Å². The van der Waals surface area contributed by atoms with Crippen LogP contribution in [-0.4, -0.2) is 10.1 Å². The highest BCUT2D eigenvalue weighted by Gasteiger charge is 2.07. The predicted molar refractivity (Wildman–Crippen MR) is 53.9 cm³/mol. The molecule has 0 amide bonds. The van der Waals surface area contributed by atoms with Gasteiger partial charge in [0.1, 0.15) is 0 Å². The summed E-state index contributed by atoms with van der Waals surface area (Å²) in [5.74, 6) is 1.01. The number of rotatable bonds is 1. The minimum Gasteiger partial charge on any atom is -0.399 e. The highest BCUT2D eigenvalue weighted by atomic mass is 35.5. The van der Waals surface area contributed by atoms with Gasteiger partial charge < -0.3 is 10.3 Å². The van der Waals surface area contributed by atoms with Crippen LogP contribution in [0.15, 0.2) is 22.7 Å². The average Bonchev–Trinajstić information content (AvgIpc) is 2.50. The Kier molecular flexibility index (Phi) is 2.13. The fraction of sp³-hybridized carbons (Fsp3) is 0.111. The van der Waals surface area contributed by atoms with Crippen LogP contribution in [0.3, 0.4) is 0 Å². The third kappa shape index (κ3) is 1.70. The Labute approximate surface area is 85.7 Å². The molecule has 0 radical (unpaired) electrons. The maximum Gasteiger partial charge on any atom is 0.258 e. The number of nitrogen functional groups attached to an aromatic ring is 1. The molecule has 1 aromatic carbocycles. The third-order valence-corrected chi connectivity index (χ3v) is 1.91. The summed E-state index contributed by atoms with van der Waals surface area (Å²) >= 11 is 5.84. The number of anilines is 1. The van der Waals surface area contributed by atoms with Crippen LogP contribution in [0.1, 0.15) is 5.82 Å². The lowest BCUT2D eigenvalue weighted by atomic mass is 10.2.